The predicted molar refractivity (Wildman–Crippen MR) is 54.1 cm³/mol. The fourth-order valence-corrected chi connectivity index (χ4v) is 2.22. The quantitative estimate of drug-likeness (QED) is 0.731. The third kappa shape index (κ3) is 2.40. The molecule has 3 nitrogen and oxygen atoms in total. The van der Waals surface area contributed by atoms with Crippen LogP contribution < -0.4 is 0 Å². The molecule has 0 aliphatic heterocycles. The second-order valence-corrected chi connectivity index (χ2v) is 4.19. The Morgan fingerprint density at radius 2 is 2.08 bits per heavy atom. The number of aromatic nitrogens is 3. The standard InChI is InChI=1S/C9H15N3S/c13-9-10-8(11-12-9)6-5-7-3-1-2-4-7/h7H,1-6H2,(H2,10,11,12,13). The van der Waals surface area contributed by atoms with Gasteiger partial charge in [0, 0.05) is 6.42 Å². The summed E-state index contributed by atoms with van der Waals surface area (Å²) >= 11 is 4.88. The molecule has 0 atom stereocenters. The summed E-state index contributed by atoms with van der Waals surface area (Å²) in [6, 6.07) is 0. The van der Waals surface area contributed by atoms with Crippen molar-refractivity contribution in [2.24, 2.45) is 5.92 Å². The molecule has 0 saturated heterocycles. The average molecular weight is 197 g/mol. The SMILES string of the molecule is S=c1nc(CCC2CCCC2)[nH][nH]1. The first kappa shape index (κ1) is 8.94. The molecular weight excluding hydrogens is 182 g/mol. The van der Waals surface area contributed by atoms with Gasteiger partial charge in [0.2, 0.25) is 4.77 Å². The van der Waals surface area contributed by atoms with E-state index in [1.807, 2.05) is 0 Å². The predicted octanol–water partition coefficient (Wildman–Crippen LogP) is 2.59. The van der Waals surface area contributed by atoms with Crippen molar-refractivity contribution in [2.45, 2.75) is 38.5 Å². The van der Waals surface area contributed by atoms with Crippen LogP contribution in [-0.4, -0.2) is 15.2 Å². The van der Waals surface area contributed by atoms with Crippen molar-refractivity contribution in [3.8, 4) is 0 Å². The molecule has 72 valence electrons. The maximum Gasteiger partial charge on any atom is 0.213 e. The Kier molecular flexibility index (Phi) is 2.78. The fraction of sp³-hybridized carbons (Fsp3) is 0.778. The lowest BCUT2D eigenvalue weighted by Crippen LogP contribution is -1.97. The third-order valence-corrected chi connectivity index (χ3v) is 3.01. The van der Waals surface area contributed by atoms with Gasteiger partial charge in [-0.1, -0.05) is 25.7 Å². The zero-order valence-corrected chi connectivity index (χ0v) is 8.49. The van der Waals surface area contributed by atoms with E-state index in [-0.39, 0.29) is 0 Å². The molecule has 13 heavy (non-hydrogen) atoms. The first-order valence-corrected chi connectivity index (χ1v) is 5.39. The van der Waals surface area contributed by atoms with E-state index in [2.05, 4.69) is 15.2 Å². The van der Waals surface area contributed by atoms with E-state index in [1.54, 1.807) is 0 Å². The lowest BCUT2D eigenvalue weighted by molar-refractivity contribution is 0.497. The van der Waals surface area contributed by atoms with Crippen molar-refractivity contribution in [1.29, 1.82) is 0 Å². The number of hydrogen-bond acceptors (Lipinski definition) is 2. The maximum atomic E-state index is 4.88. The first-order valence-electron chi connectivity index (χ1n) is 4.98. The van der Waals surface area contributed by atoms with Crippen molar-refractivity contribution in [2.75, 3.05) is 0 Å². The Balaban J connectivity index is 1.82. The van der Waals surface area contributed by atoms with Gasteiger partial charge < -0.3 is 0 Å². The van der Waals surface area contributed by atoms with Gasteiger partial charge in [-0.05, 0) is 24.6 Å². The summed E-state index contributed by atoms with van der Waals surface area (Å²) in [5.41, 5.74) is 0. The largest absolute Gasteiger partial charge is 0.286 e. The molecule has 0 amide bonds. The molecule has 0 bridgehead atoms. The molecule has 1 aromatic heterocycles. The molecular formula is C9H15N3S. The average Bonchev–Trinajstić information content (AvgIpc) is 2.71. The smallest absolute Gasteiger partial charge is 0.213 e. The molecule has 0 spiro atoms. The highest BCUT2D eigenvalue weighted by Gasteiger charge is 2.14. The molecule has 4 heteroatoms. The van der Waals surface area contributed by atoms with Crippen LogP contribution in [0.1, 0.15) is 37.9 Å². The lowest BCUT2D eigenvalue weighted by atomic mass is 10.0. The molecule has 1 aliphatic carbocycles. The zero-order chi connectivity index (χ0) is 9.10. The van der Waals surface area contributed by atoms with Crippen LogP contribution in [0, 0.1) is 10.7 Å². The second kappa shape index (κ2) is 4.05. The second-order valence-electron chi connectivity index (χ2n) is 3.80. The van der Waals surface area contributed by atoms with E-state index in [1.165, 1.54) is 32.1 Å². The van der Waals surface area contributed by atoms with Crippen LogP contribution in [0.5, 0.6) is 0 Å². The van der Waals surface area contributed by atoms with E-state index in [0.717, 1.165) is 18.2 Å². The van der Waals surface area contributed by atoms with Gasteiger partial charge in [-0.2, -0.15) is 0 Å². The van der Waals surface area contributed by atoms with E-state index in [4.69, 9.17) is 12.2 Å². The first-order chi connectivity index (χ1) is 6.34. The molecule has 1 aliphatic rings. The van der Waals surface area contributed by atoms with Crippen LogP contribution in [0.4, 0.5) is 0 Å². The van der Waals surface area contributed by atoms with Gasteiger partial charge >= 0.3 is 0 Å². The number of rotatable bonds is 3. The van der Waals surface area contributed by atoms with Crippen molar-refractivity contribution in [3.05, 3.63) is 10.6 Å². The lowest BCUT2D eigenvalue weighted by Gasteiger charge is -2.05. The van der Waals surface area contributed by atoms with Crippen LogP contribution in [0.3, 0.4) is 0 Å². The van der Waals surface area contributed by atoms with Crippen molar-refractivity contribution < 1.29 is 0 Å². The molecule has 2 N–H and O–H groups in total. The van der Waals surface area contributed by atoms with Gasteiger partial charge in [-0.15, -0.1) is 0 Å². The van der Waals surface area contributed by atoms with Gasteiger partial charge in [0.15, 0.2) is 0 Å². The zero-order valence-electron chi connectivity index (χ0n) is 7.68. The van der Waals surface area contributed by atoms with E-state index < -0.39 is 0 Å². The van der Waals surface area contributed by atoms with Crippen LogP contribution in [-0.2, 0) is 6.42 Å². The number of hydrogen-bond donors (Lipinski definition) is 2. The number of aromatic amines is 2. The van der Waals surface area contributed by atoms with Crippen molar-refractivity contribution in [3.63, 3.8) is 0 Å². The number of nitrogens with one attached hydrogen (secondary N) is 2. The number of aryl methyl sites for hydroxylation is 1. The minimum atomic E-state index is 0.571. The highest BCUT2D eigenvalue weighted by atomic mass is 32.1. The molecule has 1 fully saturated rings. The molecule has 0 radical (unpaired) electrons. The molecule has 0 aromatic carbocycles. The third-order valence-electron chi connectivity index (χ3n) is 2.81. The summed E-state index contributed by atoms with van der Waals surface area (Å²) in [4.78, 5) is 4.18. The maximum absolute atomic E-state index is 4.88. The van der Waals surface area contributed by atoms with Crippen LogP contribution in [0.2, 0.25) is 0 Å². The molecule has 2 rings (SSSR count). The van der Waals surface area contributed by atoms with Crippen LogP contribution >= 0.6 is 12.2 Å². The summed E-state index contributed by atoms with van der Waals surface area (Å²) < 4.78 is 0.571. The van der Waals surface area contributed by atoms with Gasteiger partial charge in [0.25, 0.3) is 0 Å². The molecule has 1 saturated carbocycles. The summed E-state index contributed by atoms with van der Waals surface area (Å²) in [7, 11) is 0. The van der Waals surface area contributed by atoms with Crippen LogP contribution in [0.15, 0.2) is 0 Å². The Hall–Kier alpha value is -0.640. The van der Waals surface area contributed by atoms with Gasteiger partial charge in [-0.25, -0.2) is 4.98 Å². The minimum absolute atomic E-state index is 0.571. The summed E-state index contributed by atoms with van der Waals surface area (Å²) in [6.07, 6.45) is 7.95. The number of H-pyrrole nitrogens is 2. The van der Waals surface area contributed by atoms with Crippen molar-refractivity contribution in [1.82, 2.24) is 15.2 Å². The molecule has 0 unspecified atom stereocenters. The highest BCUT2D eigenvalue weighted by Crippen LogP contribution is 2.28. The minimum Gasteiger partial charge on any atom is -0.286 e. The fourth-order valence-electron chi connectivity index (χ4n) is 2.06. The Bertz CT molecular complexity index is 309. The molecule has 1 aromatic rings. The summed E-state index contributed by atoms with van der Waals surface area (Å²) in [5, 5.41) is 5.81. The molecule has 1 heterocycles. The summed E-state index contributed by atoms with van der Waals surface area (Å²) in [6.45, 7) is 0. The monoisotopic (exact) mass is 197 g/mol. The highest BCUT2D eigenvalue weighted by molar-refractivity contribution is 7.71. The van der Waals surface area contributed by atoms with Gasteiger partial charge in [0.05, 0.1) is 0 Å². The van der Waals surface area contributed by atoms with E-state index in [0.29, 0.717) is 4.77 Å². The van der Waals surface area contributed by atoms with Gasteiger partial charge in [0.1, 0.15) is 5.82 Å². The van der Waals surface area contributed by atoms with E-state index in [9.17, 15) is 0 Å². The Morgan fingerprint density at radius 1 is 1.31 bits per heavy atom. The van der Waals surface area contributed by atoms with E-state index >= 15 is 0 Å². The Morgan fingerprint density at radius 3 is 2.69 bits per heavy atom. The van der Waals surface area contributed by atoms with Crippen LogP contribution in [0.25, 0.3) is 0 Å². The number of nitrogens with zero attached hydrogens (tertiary/aromatic N) is 1. The normalized spacial score (nSPS) is 18.2. The Labute approximate surface area is 83.0 Å². The topological polar surface area (TPSA) is 44.5 Å². The summed E-state index contributed by atoms with van der Waals surface area (Å²) in [5.74, 6) is 1.94. The van der Waals surface area contributed by atoms with Crippen molar-refractivity contribution >= 4 is 12.2 Å². The van der Waals surface area contributed by atoms with Gasteiger partial charge in [-0.3, -0.25) is 10.2 Å².